The normalized spacial score (nSPS) is 18.6. The van der Waals surface area contributed by atoms with Crippen molar-refractivity contribution in [3.63, 3.8) is 0 Å². The molecule has 2 rings (SSSR count). The first-order valence-corrected chi connectivity index (χ1v) is 6.75. The summed E-state index contributed by atoms with van der Waals surface area (Å²) in [5, 5.41) is 0. The minimum Gasteiger partial charge on any atom is -0.461 e. The number of hydrogen-bond donors (Lipinski definition) is 2. The fraction of sp³-hybridized carbons (Fsp3) is 0.750. The van der Waals surface area contributed by atoms with Crippen LogP contribution in [0.1, 0.15) is 20.3 Å². The van der Waals surface area contributed by atoms with Crippen LogP contribution in [0.4, 0.5) is 11.9 Å². The summed E-state index contributed by atoms with van der Waals surface area (Å²) in [7, 11) is 1.72. The van der Waals surface area contributed by atoms with Crippen LogP contribution in [0, 0.1) is 5.92 Å². The molecule has 2 heterocycles. The molecule has 0 saturated carbocycles. The maximum Gasteiger partial charge on any atom is 0.323 e. The van der Waals surface area contributed by atoms with Crippen molar-refractivity contribution >= 4 is 11.9 Å². The van der Waals surface area contributed by atoms with Crippen molar-refractivity contribution in [1.29, 1.82) is 0 Å². The highest BCUT2D eigenvalue weighted by Crippen LogP contribution is 2.23. The zero-order chi connectivity index (χ0) is 14.5. The standard InChI is InChI=1S/C12H22N6O2/c1-8(2)20-12-15-10(17-13)14-11(16-12)18-5-4-9(6-18)7-19-3/h8-9H,4-7,13H2,1-3H3,(H,14,15,16,17). The van der Waals surface area contributed by atoms with Crippen molar-refractivity contribution < 1.29 is 9.47 Å². The Bertz CT molecular complexity index is 442. The number of methoxy groups -OCH3 is 1. The number of ether oxygens (including phenoxy) is 2. The molecule has 1 aliphatic rings. The second-order valence-corrected chi connectivity index (χ2v) is 5.11. The predicted octanol–water partition coefficient (Wildman–Crippen LogP) is 0.417. The quantitative estimate of drug-likeness (QED) is 0.572. The number of anilines is 2. The van der Waals surface area contributed by atoms with E-state index in [0.29, 0.717) is 17.8 Å². The molecule has 8 nitrogen and oxygen atoms in total. The van der Waals surface area contributed by atoms with Crippen LogP contribution in [0.15, 0.2) is 0 Å². The van der Waals surface area contributed by atoms with Gasteiger partial charge in [-0.3, -0.25) is 5.43 Å². The van der Waals surface area contributed by atoms with E-state index in [1.54, 1.807) is 7.11 Å². The molecule has 1 saturated heterocycles. The molecule has 1 aromatic rings. The van der Waals surface area contributed by atoms with Crippen molar-refractivity contribution in [3.8, 4) is 6.01 Å². The van der Waals surface area contributed by atoms with Crippen molar-refractivity contribution in [3.05, 3.63) is 0 Å². The van der Waals surface area contributed by atoms with Crippen LogP contribution in [0.3, 0.4) is 0 Å². The smallest absolute Gasteiger partial charge is 0.323 e. The van der Waals surface area contributed by atoms with Gasteiger partial charge in [-0.15, -0.1) is 0 Å². The number of nitrogen functional groups attached to an aromatic ring is 1. The van der Waals surface area contributed by atoms with Gasteiger partial charge in [-0.1, -0.05) is 0 Å². The van der Waals surface area contributed by atoms with E-state index >= 15 is 0 Å². The van der Waals surface area contributed by atoms with Crippen molar-refractivity contribution in [2.24, 2.45) is 11.8 Å². The van der Waals surface area contributed by atoms with Gasteiger partial charge in [0.05, 0.1) is 12.7 Å². The summed E-state index contributed by atoms with van der Waals surface area (Å²) < 4.78 is 10.7. The van der Waals surface area contributed by atoms with Crippen LogP contribution >= 0.6 is 0 Å². The number of nitrogens with two attached hydrogens (primary N) is 1. The Hall–Kier alpha value is -1.67. The molecule has 0 aromatic carbocycles. The first-order valence-electron chi connectivity index (χ1n) is 6.75. The van der Waals surface area contributed by atoms with Gasteiger partial charge >= 0.3 is 6.01 Å². The van der Waals surface area contributed by atoms with Crippen molar-refractivity contribution in [2.75, 3.05) is 37.1 Å². The van der Waals surface area contributed by atoms with Gasteiger partial charge in [-0.25, -0.2) is 5.84 Å². The van der Waals surface area contributed by atoms with Crippen molar-refractivity contribution in [1.82, 2.24) is 15.0 Å². The summed E-state index contributed by atoms with van der Waals surface area (Å²) in [4.78, 5) is 14.8. The second-order valence-electron chi connectivity index (χ2n) is 5.11. The molecule has 0 spiro atoms. The first-order chi connectivity index (χ1) is 9.62. The third-order valence-corrected chi connectivity index (χ3v) is 3.04. The van der Waals surface area contributed by atoms with E-state index < -0.39 is 0 Å². The lowest BCUT2D eigenvalue weighted by atomic mass is 10.1. The fourth-order valence-corrected chi connectivity index (χ4v) is 2.20. The maximum absolute atomic E-state index is 5.52. The number of nitrogens with zero attached hydrogens (tertiary/aromatic N) is 4. The Morgan fingerprint density at radius 3 is 2.85 bits per heavy atom. The van der Waals surface area contributed by atoms with E-state index in [2.05, 4.69) is 25.3 Å². The average molecular weight is 282 g/mol. The van der Waals surface area contributed by atoms with Crippen LogP contribution in [0.25, 0.3) is 0 Å². The summed E-state index contributed by atoms with van der Waals surface area (Å²) in [6.45, 7) is 6.35. The molecule has 112 valence electrons. The van der Waals surface area contributed by atoms with Gasteiger partial charge in [0.15, 0.2) is 0 Å². The highest BCUT2D eigenvalue weighted by Gasteiger charge is 2.25. The zero-order valence-corrected chi connectivity index (χ0v) is 12.2. The number of hydrogen-bond acceptors (Lipinski definition) is 8. The molecule has 8 heteroatoms. The Kier molecular flexibility index (Phi) is 4.91. The average Bonchev–Trinajstić information content (AvgIpc) is 2.86. The van der Waals surface area contributed by atoms with Crippen LogP contribution in [0.5, 0.6) is 6.01 Å². The third kappa shape index (κ3) is 3.67. The number of aromatic nitrogens is 3. The van der Waals surface area contributed by atoms with E-state index in [4.69, 9.17) is 15.3 Å². The van der Waals surface area contributed by atoms with Crippen LogP contribution in [-0.2, 0) is 4.74 Å². The molecule has 3 N–H and O–H groups in total. The number of hydrazine groups is 1. The lowest BCUT2D eigenvalue weighted by Crippen LogP contribution is -2.25. The van der Waals surface area contributed by atoms with E-state index in [-0.39, 0.29) is 12.1 Å². The third-order valence-electron chi connectivity index (χ3n) is 3.04. The molecule has 1 aromatic heterocycles. The minimum absolute atomic E-state index is 0.00399. The summed E-state index contributed by atoms with van der Waals surface area (Å²) >= 11 is 0. The Balaban J connectivity index is 2.14. The Labute approximate surface area is 118 Å². The fourth-order valence-electron chi connectivity index (χ4n) is 2.20. The van der Waals surface area contributed by atoms with Gasteiger partial charge in [-0.2, -0.15) is 15.0 Å². The molecule has 20 heavy (non-hydrogen) atoms. The highest BCUT2D eigenvalue weighted by atomic mass is 16.5. The molecule has 1 atom stereocenters. The molecule has 0 bridgehead atoms. The van der Waals surface area contributed by atoms with Crippen LogP contribution in [0.2, 0.25) is 0 Å². The van der Waals surface area contributed by atoms with E-state index in [1.807, 2.05) is 13.8 Å². The summed E-state index contributed by atoms with van der Waals surface area (Å²) in [5.74, 6) is 6.79. The number of nitrogens with one attached hydrogen (secondary N) is 1. The SMILES string of the molecule is COCC1CCN(c2nc(NN)nc(OC(C)C)n2)C1. The molecule has 0 aliphatic carbocycles. The van der Waals surface area contributed by atoms with Crippen molar-refractivity contribution in [2.45, 2.75) is 26.4 Å². The minimum atomic E-state index is -0.00399. The lowest BCUT2D eigenvalue weighted by Gasteiger charge is -2.18. The zero-order valence-electron chi connectivity index (χ0n) is 12.2. The van der Waals surface area contributed by atoms with Gasteiger partial charge < -0.3 is 14.4 Å². The molecule has 1 unspecified atom stereocenters. The van der Waals surface area contributed by atoms with Gasteiger partial charge in [0.25, 0.3) is 0 Å². The monoisotopic (exact) mass is 282 g/mol. The van der Waals surface area contributed by atoms with Crippen LogP contribution in [-0.4, -0.2) is 47.9 Å². The Morgan fingerprint density at radius 2 is 2.20 bits per heavy atom. The van der Waals surface area contributed by atoms with E-state index in [9.17, 15) is 0 Å². The van der Waals surface area contributed by atoms with Gasteiger partial charge in [0, 0.05) is 26.1 Å². The largest absolute Gasteiger partial charge is 0.461 e. The molecule has 0 amide bonds. The maximum atomic E-state index is 5.52. The van der Waals surface area contributed by atoms with Gasteiger partial charge in [0.2, 0.25) is 11.9 Å². The topological polar surface area (TPSA) is 98.4 Å². The Morgan fingerprint density at radius 1 is 1.40 bits per heavy atom. The van der Waals surface area contributed by atoms with Gasteiger partial charge in [0.1, 0.15) is 0 Å². The van der Waals surface area contributed by atoms with Gasteiger partial charge in [-0.05, 0) is 20.3 Å². The highest BCUT2D eigenvalue weighted by molar-refractivity contribution is 5.38. The first kappa shape index (κ1) is 14.7. The molecule has 1 aliphatic heterocycles. The summed E-state index contributed by atoms with van der Waals surface area (Å²) in [6.07, 6.45) is 1.06. The molecular formula is C12H22N6O2. The van der Waals surface area contributed by atoms with Crippen LogP contribution < -0.4 is 20.9 Å². The lowest BCUT2D eigenvalue weighted by molar-refractivity contribution is 0.161. The summed E-state index contributed by atoms with van der Waals surface area (Å²) in [6, 6.07) is 0.285. The second kappa shape index (κ2) is 6.67. The molecule has 0 radical (unpaired) electrons. The van der Waals surface area contributed by atoms with E-state index in [0.717, 1.165) is 26.1 Å². The number of rotatable bonds is 6. The summed E-state index contributed by atoms with van der Waals surface area (Å²) in [5.41, 5.74) is 2.45. The predicted molar refractivity (Wildman–Crippen MR) is 75.6 cm³/mol. The molecule has 1 fully saturated rings. The molecular weight excluding hydrogens is 260 g/mol. The van der Waals surface area contributed by atoms with E-state index in [1.165, 1.54) is 0 Å².